The zero-order chi connectivity index (χ0) is 12.4. The number of fused-ring (bicyclic) bond motifs is 1. The second-order valence-corrected chi connectivity index (χ2v) is 4.44. The Hall–Kier alpha value is -1.74. The summed E-state index contributed by atoms with van der Waals surface area (Å²) < 4.78 is 11.2. The highest BCUT2D eigenvalue weighted by Crippen LogP contribution is 2.33. The van der Waals surface area contributed by atoms with Crippen molar-refractivity contribution in [2.75, 3.05) is 13.2 Å². The molecule has 0 aliphatic carbocycles. The highest BCUT2D eigenvalue weighted by molar-refractivity contribution is 6.29. The van der Waals surface area contributed by atoms with E-state index in [1.54, 1.807) is 6.07 Å². The van der Waals surface area contributed by atoms with Crippen molar-refractivity contribution in [2.24, 2.45) is 0 Å². The molecule has 1 aromatic heterocycles. The number of halogens is 1. The monoisotopic (exact) mass is 261 g/mol. The lowest BCUT2D eigenvalue weighted by Crippen LogP contribution is -1.97. The lowest BCUT2D eigenvalue weighted by atomic mass is 10.1. The smallest absolute Gasteiger partial charge is 0.161 e. The number of aromatic nitrogens is 1. The Kier molecular flexibility index (Phi) is 3.07. The number of benzene rings is 1. The molecule has 2 aromatic rings. The Morgan fingerprint density at radius 1 is 1.00 bits per heavy atom. The largest absolute Gasteiger partial charge is 0.490 e. The standard InChI is InChI=1S/C14H12ClNO2/c15-14-4-1-3-11(16-14)10-5-6-12-13(9-10)18-8-2-7-17-12/h1,3-6,9H,2,7-8H2. The van der Waals surface area contributed by atoms with Crippen molar-refractivity contribution >= 4 is 11.6 Å². The molecule has 0 bridgehead atoms. The summed E-state index contributed by atoms with van der Waals surface area (Å²) in [6.45, 7) is 1.38. The molecule has 18 heavy (non-hydrogen) atoms. The Balaban J connectivity index is 2.01. The number of rotatable bonds is 1. The second kappa shape index (κ2) is 4.86. The molecule has 3 nitrogen and oxygen atoms in total. The maximum Gasteiger partial charge on any atom is 0.161 e. The fourth-order valence-corrected chi connectivity index (χ4v) is 2.06. The average Bonchev–Trinajstić information content (AvgIpc) is 2.63. The minimum Gasteiger partial charge on any atom is -0.490 e. The fourth-order valence-electron chi connectivity index (χ4n) is 1.89. The Labute approximate surface area is 110 Å². The molecule has 3 rings (SSSR count). The van der Waals surface area contributed by atoms with Gasteiger partial charge in [0.05, 0.1) is 18.9 Å². The van der Waals surface area contributed by atoms with Gasteiger partial charge in [0.15, 0.2) is 11.5 Å². The summed E-state index contributed by atoms with van der Waals surface area (Å²) in [5.41, 5.74) is 1.81. The van der Waals surface area contributed by atoms with Gasteiger partial charge in [-0.05, 0) is 30.3 Å². The van der Waals surface area contributed by atoms with E-state index in [4.69, 9.17) is 21.1 Å². The van der Waals surface area contributed by atoms with Crippen molar-refractivity contribution in [2.45, 2.75) is 6.42 Å². The van der Waals surface area contributed by atoms with Crippen molar-refractivity contribution in [3.05, 3.63) is 41.6 Å². The Morgan fingerprint density at radius 2 is 1.83 bits per heavy atom. The highest BCUT2D eigenvalue weighted by Gasteiger charge is 2.11. The first-order chi connectivity index (χ1) is 8.83. The Morgan fingerprint density at radius 3 is 2.67 bits per heavy atom. The average molecular weight is 262 g/mol. The topological polar surface area (TPSA) is 31.4 Å². The van der Waals surface area contributed by atoms with E-state index in [9.17, 15) is 0 Å². The summed E-state index contributed by atoms with van der Waals surface area (Å²) in [6, 6.07) is 11.4. The molecule has 1 aliphatic rings. The maximum absolute atomic E-state index is 5.90. The van der Waals surface area contributed by atoms with Gasteiger partial charge in [-0.3, -0.25) is 0 Å². The van der Waals surface area contributed by atoms with Gasteiger partial charge in [0, 0.05) is 12.0 Å². The van der Waals surface area contributed by atoms with Crippen LogP contribution in [0, 0.1) is 0 Å². The van der Waals surface area contributed by atoms with E-state index in [0.717, 1.165) is 29.2 Å². The van der Waals surface area contributed by atoms with Gasteiger partial charge in [-0.25, -0.2) is 4.98 Å². The molecule has 92 valence electrons. The number of hydrogen-bond donors (Lipinski definition) is 0. The minimum atomic E-state index is 0.486. The summed E-state index contributed by atoms with van der Waals surface area (Å²) in [5.74, 6) is 1.56. The van der Waals surface area contributed by atoms with Gasteiger partial charge in [0.1, 0.15) is 5.15 Å². The first kappa shape index (κ1) is 11.4. The van der Waals surface area contributed by atoms with Crippen LogP contribution in [-0.4, -0.2) is 18.2 Å². The summed E-state index contributed by atoms with van der Waals surface area (Å²) >= 11 is 5.90. The van der Waals surface area contributed by atoms with Gasteiger partial charge >= 0.3 is 0 Å². The van der Waals surface area contributed by atoms with Crippen molar-refractivity contribution < 1.29 is 9.47 Å². The molecular weight excluding hydrogens is 250 g/mol. The van der Waals surface area contributed by atoms with Crippen LogP contribution < -0.4 is 9.47 Å². The molecule has 0 unspecified atom stereocenters. The van der Waals surface area contributed by atoms with Crippen LogP contribution in [0.2, 0.25) is 5.15 Å². The molecule has 0 saturated heterocycles. The highest BCUT2D eigenvalue weighted by atomic mass is 35.5. The quantitative estimate of drug-likeness (QED) is 0.736. The molecular formula is C14H12ClNO2. The van der Waals surface area contributed by atoms with Gasteiger partial charge < -0.3 is 9.47 Å². The van der Waals surface area contributed by atoms with Crippen LogP contribution in [0.15, 0.2) is 36.4 Å². The molecule has 0 fully saturated rings. The molecule has 0 radical (unpaired) electrons. The molecule has 0 saturated carbocycles. The zero-order valence-electron chi connectivity index (χ0n) is 9.73. The van der Waals surface area contributed by atoms with Crippen molar-refractivity contribution in [1.82, 2.24) is 4.98 Å². The molecule has 2 heterocycles. The predicted molar refractivity (Wildman–Crippen MR) is 70.3 cm³/mol. The zero-order valence-corrected chi connectivity index (χ0v) is 10.5. The molecule has 4 heteroatoms. The summed E-state index contributed by atoms with van der Waals surface area (Å²) in [7, 11) is 0. The van der Waals surface area contributed by atoms with Crippen LogP contribution in [0.4, 0.5) is 0 Å². The van der Waals surface area contributed by atoms with Crippen LogP contribution >= 0.6 is 11.6 Å². The number of hydrogen-bond acceptors (Lipinski definition) is 3. The summed E-state index contributed by atoms with van der Waals surface area (Å²) in [6.07, 6.45) is 0.902. The van der Waals surface area contributed by atoms with Gasteiger partial charge in [0.25, 0.3) is 0 Å². The first-order valence-electron chi connectivity index (χ1n) is 5.85. The molecule has 0 N–H and O–H groups in total. The summed E-state index contributed by atoms with van der Waals surface area (Å²) in [5, 5.41) is 0.486. The van der Waals surface area contributed by atoms with Crippen molar-refractivity contribution in [3.8, 4) is 22.8 Å². The molecule has 0 atom stereocenters. The van der Waals surface area contributed by atoms with Crippen LogP contribution in [-0.2, 0) is 0 Å². The van der Waals surface area contributed by atoms with E-state index in [-0.39, 0.29) is 0 Å². The van der Waals surface area contributed by atoms with E-state index in [2.05, 4.69) is 4.98 Å². The molecule has 1 aliphatic heterocycles. The van der Waals surface area contributed by atoms with Crippen LogP contribution in [0.1, 0.15) is 6.42 Å². The van der Waals surface area contributed by atoms with Crippen LogP contribution in [0.5, 0.6) is 11.5 Å². The summed E-state index contributed by atoms with van der Waals surface area (Å²) in [4.78, 5) is 4.28. The fraction of sp³-hybridized carbons (Fsp3) is 0.214. The Bertz CT molecular complexity index is 571. The maximum atomic E-state index is 5.90. The van der Waals surface area contributed by atoms with E-state index < -0.39 is 0 Å². The minimum absolute atomic E-state index is 0.486. The predicted octanol–water partition coefficient (Wildman–Crippen LogP) is 3.56. The van der Waals surface area contributed by atoms with E-state index >= 15 is 0 Å². The number of pyridine rings is 1. The second-order valence-electron chi connectivity index (χ2n) is 4.06. The lowest BCUT2D eigenvalue weighted by Gasteiger charge is -2.09. The SMILES string of the molecule is Clc1cccc(-c2ccc3c(c2)OCCCO3)n1. The van der Waals surface area contributed by atoms with Gasteiger partial charge in [-0.15, -0.1) is 0 Å². The third-order valence-electron chi connectivity index (χ3n) is 2.76. The van der Waals surface area contributed by atoms with Gasteiger partial charge in [-0.1, -0.05) is 17.7 Å². The lowest BCUT2D eigenvalue weighted by molar-refractivity contribution is 0.297. The van der Waals surface area contributed by atoms with E-state index in [1.165, 1.54) is 0 Å². The third kappa shape index (κ3) is 2.27. The number of nitrogens with zero attached hydrogens (tertiary/aromatic N) is 1. The molecule has 0 amide bonds. The molecule has 0 spiro atoms. The van der Waals surface area contributed by atoms with Crippen LogP contribution in [0.3, 0.4) is 0 Å². The molecule has 1 aromatic carbocycles. The van der Waals surface area contributed by atoms with Crippen LogP contribution in [0.25, 0.3) is 11.3 Å². The normalized spacial score (nSPS) is 14.1. The van der Waals surface area contributed by atoms with Gasteiger partial charge in [-0.2, -0.15) is 0 Å². The van der Waals surface area contributed by atoms with Crippen molar-refractivity contribution in [1.29, 1.82) is 0 Å². The van der Waals surface area contributed by atoms with E-state index in [0.29, 0.717) is 18.4 Å². The number of ether oxygens (including phenoxy) is 2. The van der Waals surface area contributed by atoms with E-state index in [1.807, 2.05) is 30.3 Å². The third-order valence-corrected chi connectivity index (χ3v) is 2.97. The first-order valence-corrected chi connectivity index (χ1v) is 6.23. The van der Waals surface area contributed by atoms with Crippen molar-refractivity contribution in [3.63, 3.8) is 0 Å². The van der Waals surface area contributed by atoms with Gasteiger partial charge in [0.2, 0.25) is 0 Å².